The highest BCUT2D eigenvalue weighted by Gasteiger charge is 2.06. The molecule has 0 heterocycles. The second-order valence-corrected chi connectivity index (χ2v) is 5.51. The van der Waals surface area contributed by atoms with E-state index in [1.807, 2.05) is 24.3 Å². The summed E-state index contributed by atoms with van der Waals surface area (Å²) in [6.45, 7) is 2.76. The predicted molar refractivity (Wildman–Crippen MR) is 89.9 cm³/mol. The molecular formula is C18H18ClNO3. The molecule has 0 saturated heterocycles. The largest absolute Gasteiger partial charge is 0.375 e. The number of nitrogens with one attached hydrogen (secondary N) is 1. The second-order valence-electron chi connectivity index (χ2n) is 5.07. The van der Waals surface area contributed by atoms with E-state index in [1.165, 1.54) is 6.92 Å². The first-order valence-electron chi connectivity index (χ1n) is 7.27. The van der Waals surface area contributed by atoms with E-state index in [1.54, 1.807) is 24.3 Å². The minimum Gasteiger partial charge on any atom is -0.375 e. The number of hydrogen-bond acceptors (Lipinski definition) is 3. The van der Waals surface area contributed by atoms with Crippen molar-refractivity contribution in [2.45, 2.75) is 13.5 Å². The monoisotopic (exact) mass is 331 g/mol. The fourth-order valence-corrected chi connectivity index (χ4v) is 2.22. The van der Waals surface area contributed by atoms with E-state index >= 15 is 0 Å². The molecule has 0 aliphatic carbocycles. The second kappa shape index (κ2) is 8.46. The Morgan fingerprint density at radius 1 is 1.09 bits per heavy atom. The maximum atomic E-state index is 11.9. The van der Waals surface area contributed by atoms with Crippen molar-refractivity contribution in [3.63, 3.8) is 0 Å². The molecule has 0 aliphatic rings. The molecule has 4 nitrogen and oxygen atoms in total. The van der Waals surface area contributed by atoms with E-state index in [4.69, 9.17) is 16.3 Å². The van der Waals surface area contributed by atoms with Crippen molar-refractivity contribution in [3.8, 4) is 0 Å². The summed E-state index contributed by atoms with van der Waals surface area (Å²) in [6, 6.07) is 14.0. The number of carbonyl (C=O) groups excluding carboxylic acids is 2. The highest BCUT2D eigenvalue weighted by Crippen LogP contribution is 2.11. The Morgan fingerprint density at radius 2 is 1.78 bits per heavy atom. The van der Waals surface area contributed by atoms with E-state index in [9.17, 15) is 9.59 Å². The van der Waals surface area contributed by atoms with Crippen LogP contribution in [0.3, 0.4) is 0 Å². The van der Waals surface area contributed by atoms with Crippen molar-refractivity contribution in [1.29, 1.82) is 0 Å². The minimum absolute atomic E-state index is 0.0219. The summed E-state index contributed by atoms with van der Waals surface area (Å²) in [5.74, 6) is -0.210. The first-order valence-corrected chi connectivity index (χ1v) is 7.65. The summed E-state index contributed by atoms with van der Waals surface area (Å²) in [5.41, 5.74) is 2.10. The molecule has 0 spiro atoms. The highest BCUT2D eigenvalue weighted by atomic mass is 35.5. The van der Waals surface area contributed by atoms with Gasteiger partial charge in [0, 0.05) is 22.7 Å². The van der Waals surface area contributed by atoms with Gasteiger partial charge in [-0.2, -0.15) is 0 Å². The van der Waals surface area contributed by atoms with Gasteiger partial charge in [-0.15, -0.1) is 0 Å². The highest BCUT2D eigenvalue weighted by molar-refractivity contribution is 6.30. The first-order chi connectivity index (χ1) is 11.1. The molecule has 1 N–H and O–H groups in total. The molecule has 5 heteroatoms. The van der Waals surface area contributed by atoms with E-state index in [0.29, 0.717) is 35.9 Å². The standard InChI is InChI=1S/C18H18ClNO3/c1-13(21)15-5-7-16(8-6-15)18(22)20-9-10-23-12-14-3-2-4-17(19)11-14/h2-8,11H,9-10,12H2,1H3,(H,20,22). The third-order valence-electron chi connectivity index (χ3n) is 3.24. The van der Waals surface area contributed by atoms with Gasteiger partial charge in [0.25, 0.3) is 5.91 Å². The molecule has 23 heavy (non-hydrogen) atoms. The van der Waals surface area contributed by atoms with Crippen LogP contribution >= 0.6 is 11.6 Å². The summed E-state index contributed by atoms with van der Waals surface area (Å²) in [4.78, 5) is 23.1. The topological polar surface area (TPSA) is 55.4 Å². The maximum Gasteiger partial charge on any atom is 0.251 e. The van der Waals surface area contributed by atoms with Crippen LogP contribution in [0.15, 0.2) is 48.5 Å². The third kappa shape index (κ3) is 5.51. The van der Waals surface area contributed by atoms with Crippen LogP contribution in [-0.4, -0.2) is 24.8 Å². The quantitative estimate of drug-likeness (QED) is 0.624. The van der Waals surface area contributed by atoms with Crippen LogP contribution in [0.25, 0.3) is 0 Å². The van der Waals surface area contributed by atoms with E-state index in [2.05, 4.69) is 5.32 Å². The van der Waals surface area contributed by atoms with Gasteiger partial charge in [-0.3, -0.25) is 9.59 Å². The van der Waals surface area contributed by atoms with Crippen LogP contribution in [-0.2, 0) is 11.3 Å². The Bertz CT molecular complexity index is 683. The van der Waals surface area contributed by atoms with Crippen molar-refractivity contribution >= 4 is 23.3 Å². The maximum absolute atomic E-state index is 11.9. The minimum atomic E-state index is -0.188. The summed E-state index contributed by atoms with van der Waals surface area (Å²) in [5, 5.41) is 3.44. The Hall–Kier alpha value is -2.17. The molecular weight excluding hydrogens is 314 g/mol. The lowest BCUT2D eigenvalue weighted by atomic mass is 10.1. The van der Waals surface area contributed by atoms with Crippen molar-refractivity contribution in [2.24, 2.45) is 0 Å². The lowest BCUT2D eigenvalue weighted by Gasteiger charge is -2.07. The van der Waals surface area contributed by atoms with Crippen LogP contribution in [0.4, 0.5) is 0 Å². The van der Waals surface area contributed by atoms with Crippen LogP contribution in [0.2, 0.25) is 5.02 Å². The van der Waals surface area contributed by atoms with Crippen LogP contribution < -0.4 is 5.32 Å². The van der Waals surface area contributed by atoms with Crippen LogP contribution in [0, 0.1) is 0 Å². The molecule has 0 atom stereocenters. The van der Waals surface area contributed by atoms with Gasteiger partial charge in [-0.05, 0) is 36.8 Å². The molecule has 0 fully saturated rings. The number of carbonyl (C=O) groups is 2. The fraction of sp³-hybridized carbons (Fsp3) is 0.222. The van der Waals surface area contributed by atoms with Crippen LogP contribution in [0.1, 0.15) is 33.2 Å². The van der Waals surface area contributed by atoms with E-state index < -0.39 is 0 Å². The normalized spacial score (nSPS) is 10.3. The van der Waals surface area contributed by atoms with Gasteiger partial charge in [0.05, 0.1) is 13.2 Å². The number of rotatable bonds is 7. The zero-order valence-electron chi connectivity index (χ0n) is 12.8. The van der Waals surface area contributed by atoms with Gasteiger partial charge in [0.2, 0.25) is 0 Å². The fourth-order valence-electron chi connectivity index (χ4n) is 2.01. The summed E-state index contributed by atoms with van der Waals surface area (Å²) >= 11 is 5.89. The molecule has 0 saturated carbocycles. The van der Waals surface area contributed by atoms with Crippen molar-refractivity contribution < 1.29 is 14.3 Å². The SMILES string of the molecule is CC(=O)c1ccc(C(=O)NCCOCc2cccc(Cl)c2)cc1. The van der Waals surface area contributed by atoms with E-state index in [0.717, 1.165) is 5.56 Å². The Morgan fingerprint density at radius 3 is 2.43 bits per heavy atom. The first kappa shape index (κ1) is 17.2. The van der Waals surface area contributed by atoms with Gasteiger partial charge in [-0.1, -0.05) is 35.9 Å². The van der Waals surface area contributed by atoms with Crippen molar-refractivity contribution in [3.05, 3.63) is 70.2 Å². The molecule has 1 amide bonds. The van der Waals surface area contributed by atoms with Gasteiger partial charge >= 0.3 is 0 Å². The zero-order chi connectivity index (χ0) is 16.7. The summed E-state index contributed by atoms with van der Waals surface area (Å²) in [7, 11) is 0. The summed E-state index contributed by atoms with van der Waals surface area (Å²) < 4.78 is 5.49. The predicted octanol–water partition coefficient (Wildman–Crippen LogP) is 3.49. The Balaban J connectivity index is 1.71. The Kier molecular flexibility index (Phi) is 6.32. The average Bonchev–Trinajstić information content (AvgIpc) is 2.54. The number of amides is 1. The number of halogens is 1. The molecule has 0 bridgehead atoms. The number of ether oxygens (including phenoxy) is 1. The van der Waals surface area contributed by atoms with Crippen LogP contribution in [0.5, 0.6) is 0 Å². The lowest BCUT2D eigenvalue weighted by molar-refractivity contribution is 0.0900. The van der Waals surface area contributed by atoms with Gasteiger partial charge in [0.1, 0.15) is 0 Å². The van der Waals surface area contributed by atoms with Crippen molar-refractivity contribution in [2.75, 3.05) is 13.2 Å². The zero-order valence-corrected chi connectivity index (χ0v) is 13.6. The number of hydrogen-bond donors (Lipinski definition) is 1. The van der Waals surface area contributed by atoms with Gasteiger partial charge < -0.3 is 10.1 Å². The third-order valence-corrected chi connectivity index (χ3v) is 3.48. The molecule has 120 valence electrons. The molecule has 2 rings (SSSR count). The van der Waals surface area contributed by atoms with E-state index in [-0.39, 0.29) is 11.7 Å². The molecule has 0 aliphatic heterocycles. The average molecular weight is 332 g/mol. The summed E-state index contributed by atoms with van der Waals surface area (Å²) in [6.07, 6.45) is 0. The van der Waals surface area contributed by atoms with Crippen molar-refractivity contribution in [1.82, 2.24) is 5.32 Å². The lowest BCUT2D eigenvalue weighted by Crippen LogP contribution is -2.27. The Labute approximate surface area is 140 Å². The number of Topliss-reactive ketones (excluding diaryl/α,β-unsaturated/α-hetero) is 1. The number of benzene rings is 2. The number of ketones is 1. The smallest absolute Gasteiger partial charge is 0.251 e. The molecule has 0 aromatic heterocycles. The molecule has 0 radical (unpaired) electrons. The molecule has 0 unspecified atom stereocenters. The molecule has 2 aromatic rings. The molecule has 2 aromatic carbocycles. The van der Waals surface area contributed by atoms with Gasteiger partial charge in [0.15, 0.2) is 5.78 Å². The van der Waals surface area contributed by atoms with Gasteiger partial charge in [-0.25, -0.2) is 0 Å².